The van der Waals surface area contributed by atoms with E-state index in [0.717, 1.165) is 0 Å². The number of aromatic hydroxyl groups is 1. The van der Waals surface area contributed by atoms with Crippen molar-refractivity contribution in [3.05, 3.63) is 24.0 Å². The number of nitrogens with two attached hydrogens (primary N) is 1. The van der Waals surface area contributed by atoms with Crippen molar-refractivity contribution in [3.8, 4) is 5.75 Å². The van der Waals surface area contributed by atoms with Gasteiger partial charge in [-0.15, -0.1) is 0 Å². The number of hydrogen-bond donors (Lipinski definition) is 3. The lowest BCUT2D eigenvalue weighted by molar-refractivity contribution is -0.118. The molecule has 0 bridgehead atoms. The Kier molecular flexibility index (Phi) is 3.82. The van der Waals surface area contributed by atoms with Crippen LogP contribution >= 0.6 is 0 Å². The molecule has 4 N–H and O–H groups in total. The van der Waals surface area contributed by atoms with Crippen LogP contribution < -0.4 is 11.1 Å². The van der Waals surface area contributed by atoms with E-state index in [1.807, 2.05) is 0 Å². The molecule has 0 saturated heterocycles. The van der Waals surface area contributed by atoms with Crippen LogP contribution in [0.2, 0.25) is 0 Å². The van der Waals surface area contributed by atoms with E-state index < -0.39 is 11.8 Å². The van der Waals surface area contributed by atoms with Crippen LogP contribution in [-0.4, -0.2) is 27.9 Å². The number of carbonyl (C=O) groups is 2. The molecule has 86 valence electrons. The van der Waals surface area contributed by atoms with E-state index in [0.29, 0.717) is 0 Å². The van der Waals surface area contributed by atoms with Crippen LogP contribution in [0.1, 0.15) is 23.7 Å². The number of hydrogen-bond acceptors (Lipinski definition) is 4. The summed E-state index contributed by atoms with van der Waals surface area (Å²) < 4.78 is 0. The molecule has 6 heteroatoms. The van der Waals surface area contributed by atoms with Crippen LogP contribution in [0.4, 0.5) is 0 Å². The van der Waals surface area contributed by atoms with Gasteiger partial charge >= 0.3 is 0 Å². The first-order valence-electron chi connectivity index (χ1n) is 4.73. The third-order valence-corrected chi connectivity index (χ3v) is 1.93. The van der Waals surface area contributed by atoms with Crippen molar-refractivity contribution >= 4 is 11.8 Å². The molecule has 1 aromatic heterocycles. The van der Waals surface area contributed by atoms with Crippen molar-refractivity contribution in [2.24, 2.45) is 5.73 Å². The first-order chi connectivity index (χ1) is 7.50. The zero-order valence-corrected chi connectivity index (χ0v) is 8.80. The molecule has 1 unspecified atom stereocenters. The van der Waals surface area contributed by atoms with Gasteiger partial charge in [0, 0.05) is 18.7 Å². The maximum absolute atomic E-state index is 11.6. The molecule has 6 nitrogen and oxygen atoms in total. The van der Waals surface area contributed by atoms with Crippen LogP contribution in [0, 0.1) is 0 Å². The summed E-state index contributed by atoms with van der Waals surface area (Å²) in [5, 5.41) is 11.9. The highest BCUT2D eigenvalue weighted by molar-refractivity contribution is 5.96. The van der Waals surface area contributed by atoms with E-state index in [1.165, 1.54) is 18.5 Å². The fourth-order valence-corrected chi connectivity index (χ4v) is 1.23. The number of rotatable bonds is 4. The second kappa shape index (κ2) is 5.11. The van der Waals surface area contributed by atoms with Gasteiger partial charge in [-0.3, -0.25) is 14.6 Å². The topological polar surface area (TPSA) is 105 Å². The van der Waals surface area contributed by atoms with E-state index in [-0.39, 0.29) is 23.8 Å². The van der Waals surface area contributed by atoms with E-state index in [2.05, 4.69) is 10.3 Å². The molecule has 2 amide bonds. The summed E-state index contributed by atoms with van der Waals surface area (Å²) in [5.74, 6) is -1.16. The van der Waals surface area contributed by atoms with Crippen molar-refractivity contribution in [1.82, 2.24) is 10.3 Å². The third-order valence-electron chi connectivity index (χ3n) is 1.93. The van der Waals surface area contributed by atoms with Crippen molar-refractivity contribution in [1.29, 1.82) is 0 Å². The quantitative estimate of drug-likeness (QED) is 0.656. The first-order valence-corrected chi connectivity index (χ1v) is 4.73. The molecule has 1 atom stereocenters. The molecule has 1 heterocycles. The summed E-state index contributed by atoms with van der Waals surface area (Å²) in [6, 6.07) is 1.01. The lowest BCUT2D eigenvalue weighted by Gasteiger charge is -2.12. The van der Waals surface area contributed by atoms with Gasteiger partial charge < -0.3 is 16.2 Å². The Balaban J connectivity index is 2.66. The number of nitrogens with zero attached hydrogens (tertiary/aromatic N) is 1. The van der Waals surface area contributed by atoms with E-state index in [4.69, 9.17) is 5.73 Å². The smallest absolute Gasteiger partial charge is 0.255 e. The lowest BCUT2D eigenvalue weighted by Crippen LogP contribution is -2.35. The number of pyridine rings is 1. The predicted octanol–water partition coefficient (Wildman–Crippen LogP) is -0.219. The lowest BCUT2D eigenvalue weighted by atomic mass is 10.2. The van der Waals surface area contributed by atoms with Crippen LogP contribution in [0.5, 0.6) is 5.75 Å². The Morgan fingerprint density at radius 3 is 2.88 bits per heavy atom. The molecule has 0 aliphatic carbocycles. The molecule has 0 fully saturated rings. The van der Waals surface area contributed by atoms with Gasteiger partial charge in [-0.05, 0) is 13.0 Å². The average Bonchev–Trinajstić information content (AvgIpc) is 2.16. The third kappa shape index (κ3) is 3.23. The second-order valence-electron chi connectivity index (χ2n) is 3.44. The number of primary amides is 1. The Bertz CT molecular complexity index is 406. The Morgan fingerprint density at radius 1 is 1.62 bits per heavy atom. The molecule has 0 saturated carbocycles. The highest BCUT2D eigenvalue weighted by atomic mass is 16.3. The van der Waals surface area contributed by atoms with Gasteiger partial charge in [-0.2, -0.15) is 0 Å². The Morgan fingerprint density at radius 2 is 2.31 bits per heavy atom. The van der Waals surface area contributed by atoms with E-state index in [1.54, 1.807) is 6.92 Å². The summed E-state index contributed by atoms with van der Waals surface area (Å²) in [4.78, 5) is 25.9. The van der Waals surface area contributed by atoms with Gasteiger partial charge in [0.1, 0.15) is 5.75 Å². The SMILES string of the molecule is CC(CC(N)=O)NC(=O)c1ccncc1O. The standard InChI is InChI=1S/C10H13N3O3/c1-6(4-9(11)15)13-10(16)7-2-3-12-5-8(7)14/h2-3,5-6,14H,4H2,1H3,(H2,11,15)(H,13,16). The highest BCUT2D eigenvalue weighted by Gasteiger charge is 2.14. The van der Waals surface area contributed by atoms with Gasteiger partial charge in [0.05, 0.1) is 11.8 Å². The van der Waals surface area contributed by atoms with Crippen LogP contribution in [-0.2, 0) is 4.79 Å². The Hall–Kier alpha value is -2.11. The highest BCUT2D eigenvalue weighted by Crippen LogP contribution is 2.13. The molecule has 16 heavy (non-hydrogen) atoms. The zero-order chi connectivity index (χ0) is 12.1. The number of carbonyl (C=O) groups excluding carboxylic acids is 2. The maximum atomic E-state index is 11.6. The molecular weight excluding hydrogens is 210 g/mol. The summed E-state index contributed by atoms with van der Waals surface area (Å²) in [6.07, 6.45) is 2.62. The second-order valence-corrected chi connectivity index (χ2v) is 3.44. The minimum Gasteiger partial charge on any atom is -0.505 e. The summed E-state index contributed by atoms with van der Waals surface area (Å²) in [5.41, 5.74) is 5.11. The van der Waals surface area contributed by atoms with Gasteiger partial charge in [0.25, 0.3) is 5.91 Å². The summed E-state index contributed by atoms with van der Waals surface area (Å²) in [7, 11) is 0. The zero-order valence-electron chi connectivity index (χ0n) is 8.80. The fourth-order valence-electron chi connectivity index (χ4n) is 1.23. The van der Waals surface area contributed by atoms with Crippen molar-refractivity contribution in [3.63, 3.8) is 0 Å². The summed E-state index contributed by atoms with van der Waals surface area (Å²) in [6.45, 7) is 1.65. The Labute approximate surface area is 92.5 Å². The predicted molar refractivity (Wildman–Crippen MR) is 56.6 cm³/mol. The van der Waals surface area contributed by atoms with Crippen molar-refractivity contribution in [2.75, 3.05) is 0 Å². The first kappa shape index (κ1) is 12.0. The monoisotopic (exact) mass is 223 g/mol. The molecule has 0 aromatic carbocycles. The van der Waals surface area contributed by atoms with Gasteiger partial charge in [0.15, 0.2) is 0 Å². The minimum atomic E-state index is -0.494. The summed E-state index contributed by atoms with van der Waals surface area (Å²) >= 11 is 0. The molecule has 0 aliphatic rings. The molecule has 0 aliphatic heterocycles. The van der Waals surface area contributed by atoms with Crippen molar-refractivity contribution < 1.29 is 14.7 Å². The van der Waals surface area contributed by atoms with Gasteiger partial charge in [-0.1, -0.05) is 0 Å². The van der Waals surface area contributed by atoms with Gasteiger partial charge in [-0.25, -0.2) is 0 Å². The number of amides is 2. The van der Waals surface area contributed by atoms with E-state index in [9.17, 15) is 14.7 Å². The van der Waals surface area contributed by atoms with Crippen LogP contribution in [0.25, 0.3) is 0 Å². The van der Waals surface area contributed by atoms with E-state index >= 15 is 0 Å². The largest absolute Gasteiger partial charge is 0.505 e. The van der Waals surface area contributed by atoms with Gasteiger partial charge in [0.2, 0.25) is 5.91 Å². The fraction of sp³-hybridized carbons (Fsp3) is 0.300. The minimum absolute atomic E-state index is 0.0532. The number of nitrogens with one attached hydrogen (secondary N) is 1. The maximum Gasteiger partial charge on any atom is 0.255 e. The molecular formula is C10H13N3O3. The molecule has 0 spiro atoms. The van der Waals surface area contributed by atoms with Crippen LogP contribution in [0.15, 0.2) is 18.5 Å². The molecule has 1 rings (SSSR count). The van der Waals surface area contributed by atoms with Crippen molar-refractivity contribution in [2.45, 2.75) is 19.4 Å². The number of aromatic nitrogens is 1. The molecule has 1 aromatic rings. The molecule has 0 radical (unpaired) electrons. The van der Waals surface area contributed by atoms with Crippen LogP contribution in [0.3, 0.4) is 0 Å². The average molecular weight is 223 g/mol. The normalized spacial score (nSPS) is 11.8.